The van der Waals surface area contributed by atoms with Crippen LogP contribution in [0.4, 0.5) is 5.95 Å². The summed E-state index contributed by atoms with van der Waals surface area (Å²) in [5.41, 5.74) is 1.19. The third-order valence-electron chi connectivity index (χ3n) is 4.06. The first-order valence-corrected chi connectivity index (χ1v) is 7.98. The molecule has 2 aromatic heterocycles. The SMILES string of the molecule is CCCNc1nc2c(c(=O)n(C)c(=O)n2C)n1Cc1ccccc1. The largest absolute Gasteiger partial charge is 0.356 e. The van der Waals surface area contributed by atoms with Gasteiger partial charge in [-0.25, -0.2) is 4.79 Å². The van der Waals surface area contributed by atoms with Crippen molar-refractivity contribution in [3.05, 3.63) is 56.7 Å². The molecule has 0 aliphatic rings. The summed E-state index contributed by atoms with van der Waals surface area (Å²) in [4.78, 5) is 29.3. The molecule has 7 heteroatoms. The molecule has 0 amide bonds. The van der Waals surface area contributed by atoms with Crippen LogP contribution in [0.1, 0.15) is 18.9 Å². The highest BCUT2D eigenvalue weighted by atomic mass is 16.2. The Balaban J connectivity index is 2.27. The molecule has 0 saturated carbocycles. The van der Waals surface area contributed by atoms with E-state index >= 15 is 0 Å². The molecule has 0 bridgehead atoms. The number of imidazole rings is 1. The van der Waals surface area contributed by atoms with Gasteiger partial charge in [0.2, 0.25) is 5.95 Å². The van der Waals surface area contributed by atoms with Gasteiger partial charge in [-0.2, -0.15) is 4.98 Å². The van der Waals surface area contributed by atoms with Crippen LogP contribution in [0.25, 0.3) is 11.2 Å². The Bertz CT molecular complexity index is 982. The fourth-order valence-electron chi connectivity index (χ4n) is 2.74. The van der Waals surface area contributed by atoms with Crippen molar-refractivity contribution in [2.24, 2.45) is 14.1 Å². The van der Waals surface area contributed by atoms with Crippen molar-refractivity contribution in [1.29, 1.82) is 0 Å². The summed E-state index contributed by atoms with van der Waals surface area (Å²) in [6.07, 6.45) is 0.936. The van der Waals surface area contributed by atoms with Crippen molar-refractivity contribution < 1.29 is 0 Å². The molecule has 24 heavy (non-hydrogen) atoms. The number of nitrogens with one attached hydrogen (secondary N) is 1. The highest BCUT2D eigenvalue weighted by Gasteiger charge is 2.18. The average molecular weight is 327 g/mol. The second-order valence-corrected chi connectivity index (χ2v) is 5.81. The number of aryl methyl sites for hydroxylation is 1. The minimum absolute atomic E-state index is 0.332. The van der Waals surface area contributed by atoms with E-state index in [4.69, 9.17) is 0 Å². The Hall–Kier alpha value is -2.83. The van der Waals surface area contributed by atoms with Gasteiger partial charge in [-0.1, -0.05) is 37.3 Å². The van der Waals surface area contributed by atoms with Crippen molar-refractivity contribution >= 4 is 17.1 Å². The number of benzene rings is 1. The molecule has 0 aliphatic heterocycles. The second kappa shape index (κ2) is 6.35. The minimum Gasteiger partial charge on any atom is -0.356 e. The van der Waals surface area contributed by atoms with Gasteiger partial charge >= 0.3 is 5.69 Å². The highest BCUT2D eigenvalue weighted by Crippen LogP contribution is 2.17. The van der Waals surface area contributed by atoms with Gasteiger partial charge in [0.05, 0.1) is 6.54 Å². The molecule has 2 heterocycles. The Morgan fingerprint density at radius 3 is 2.46 bits per heavy atom. The Morgan fingerprint density at radius 2 is 1.79 bits per heavy atom. The molecular weight excluding hydrogens is 306 g/mol. The molecule has 0 radical (unpaired) electrons. The molecule has 0 fully saturated rings. The zero-order valence-electron chi connectivity index (χ0n) is 14.1. The van der Waals surface area contributed by atoms with Crippen molar-refractivity contribution in [3.8, 4) is 0 Å². The maximum Gasteiger partial charge on any atom is 0.332 e. The number of nitrogens with zero attached hydrogens (tertiary/aromatic N) is 4. The lowest BCUT2D eigenvalue weighted by atomic mass is 10.2. The first kappa shape index (κ1) is 16.0. The van der Waals surface area contributed by atoms with Crippen LogP contribution in [0.15, 0.2) is 39.9 Å². The van der Waals surface area contributed by atoms with Gasteiger partial charge < -0.3 is 5.32 Å². The first-order chi connectivity index (χ1) is 11.5. The van der Waals surface area contributed by atoms with Gasteiger partial charge in [-0.15, -0.1) is 0 Å². The monoisotopic (exact) mass is 327 g/mol. The summed E-state index contributed by atoms with van der Waals surface area (Å²) < 4.78 is 4.38. The minimum atomic E-state index is -0.376. The molecule has 3 aromatic rings. The molecule has 126 valence electrons. The lowest BCUT2D eigenvalue weighted by Crippen LogP contribution is -2.37. The molecular formula is C17H21N5O2. The summed E-state index contributed by atoms with van der Waals surface area (Å²) in [6, 6.07) is 9.88. The molecule has 1 aromatic carbocycles. The van der Waals surface area contributed by atoms with Gasteiger partial charge in [-0.05, 0) is 12.0 Å². The van der Waals surface area contributed by atoms with Crippen molar-refractivity contribution in [2.75, 3.05) is 11.9 Å². The predicted octanol–water partition coefficient (Wildman–Crippen LogP) is 1.30. The maximum absolute atomic E-state index is 12.7. The fraction of sp³-hybridized carbons (Fsp3) is 0.353. The first-order valence-electron chi connectivity index (χ1n) is 7.98. The smallest absolute Gasteiger partial charge is 0.332 e. The van der Waals surface area contributed by atoms with E-state index in [2.05, 4.69) is 17.2 Å². The summed E-state index contributed by atoms with van der Waals surface area (Å²) in [5, 5.41) is 3.25. The molecule has 1 N–H and O–H groups in total. The number of hydrogen-bond acceptors (Lipinski definition) is 4. The summed E-state index contributed by atoms with van der Waals surface area (Å²) in [6.45, 7) is 3.31. The number of hydrogen-bond donors (Lipinski definition) is 1. The Morgan fingerprint density at radius 1 is 1.08 bits per heavy atom. The Kier molecular flexibility index (Phi) is 4.24. The van der Waals surface area contributed by atoms with Gasteiger partial charge in [0.25, 0.3) is 5.56 Å². The zero-order valence-corrected chi connectivity index (χ0v) is 14.1. The summed E-state index contributed by atoms with van der Waals surface area (Å²) in [7, 11) is 3.12. The van der Waals surface area contributed by atoms with Gasteiger partial charge in [-0.3, -0.25) is 18.5 Å². The Labute approximate surface area is 139 Å². The quantitative estimate of drug-likeness (QED) is 0.767. The van der Waals surface area contributed by atoms with E-state index in [9.17, 15) is 9.59 Å². The van der Waals surface area contributed by atoms with E-state index in [-0.39, 0.29) is 11.2 Å². The van der Waals surface area contributed by atoms with Crippen LogP contribution in [0.3, 0.4) is 0 Å². The second-order valence-electron chi connectivity index (χ2n) is 5.81. The zero-order chi connectivity index (χ0) is 17.3. The number of aromatic nitrogens is 4. The third kappa shape index (κ3) is 2.62. The maximum atomic E-state index is 12.7. The molecule has 0 saturated heterocycles. The molecule has 0 spiro atoms. The molecule has 7 nitrogen and oxygen atoms in total. The van der Waals surface area contributed by atoms with Gasteiger partial charge in [0, 0.05) is 20.6 Å². The number of rotatable bonds is 5. The van der Waals surface area contributed by atoms with Crippen molar-refractivity contribution in [1.82, 2.24) is 18.7 Å². The molecule has 3 rings (SSSR count). The normalized spacial score (nSPS) is 11.1. The van der Waals surface area contributed by atoms with Crippen molar-refractivity contribution in [3.63, 3.8) is 0 Å². The average Bonchev–Trinajstić information content (AvgIpc) is 2.95. The van der Waals surface area contributed by atoms with Crippen LogP contribution >= 0.6 is 0 Å². The molecule has 0 unspecified atom stereocenters. The lowest BCUT2D eigenvalue weighted by Gasteiger charge is -2.10. The summed E-state index contributed by atoms with van der Waals surface area (Å²) in [5.74, 6) is 0.606. The standard InChI is InChI=1S/C17H21N5O2/c1-4-10-18-16-19-14-13(15(23)21(3)17(24)20(14)2)22(16)11-12-8-6-5-7-9-12/h5-9H,4,10-11H2,1-3H3,(H,18,19). The van der Waals surface area contributed by atoms with Crippen LogP contribution < -0.4 is 16.6 Å². The van der Waals surface area contributed by atoms with Crippen LogP contribution in [-0.4, -0.2) is 25.2 Å². The van der Waals surface area contributed by atoms with E-state index in [0.29, 0.717) is 23.7 Å². The lowest BCUT2D eigenvalue weighted by molar-refractivity contribution is 0.702. The van der Waals surface area contributed by atoms with Crippen LogP contribution in [0.2, 0.25) is 0 Å². The molecule has 0 aliphatic carbocycles. The van der Waals surface area contributed by atoms with E-state index in [1.807, 2.05) is 34.9 Å². The van der Waals surface area contributed by atoms with E-state index < -0.39 is 0 Å². The van der Waals surface area contributed by atoms with E-state index in [1.165, 1.54) is 11.6 Å². The van der Waals surface area contributed by atoms with Crippen LogP contribution in [-0.2, 0) is 20.6 Å². The highest BCUT2D eigenvalue weighted by molar-refractivity contribution is 5.74. The topological polar surface area (TPSA) is 73.8 Å². The predicted molar refractivity (Wildman–Crippen MR) is 94.5 cm³/mol. The van der Waals surface area contributed by atoms with Gasteiger partial charge in [0.15, 0.2) is 11.2 Å². The van der Waals surface area contributed by atoms with Crippen LogP contribution in [0.5, 0.6) is 0 Å². The fourth-order valence-corrected chi connectivity index (χ4v) is 2.74. The number of fused-ring (bicyclic) bond motifs is 1. The molecule has 0 atom stereocenters. The number of anilines is 1. The summed E-state index contributed by atoms with van der Waals surface area (Å²) >= 11 is 0. The third-order valence-corrected chi connectivity index (χ3v) is 4.06. The van der Waals surface area contributed by atoms with Gasteiger partial charge in [0.1, 0.15) is 0 Å². The van der Waals surface area contributed by atoms with Crippen molar-refractivity contribution in [2.45, 2.75) is 19.9 Å². The van der Waals surface area contributed by atoms with Crippen LogP contribution in [0, 0.1) is 0 Å². The van der Waals surface area contributed by atoms with E-state index in [1.54, 1.807) is 7.05 Å². The van der Waals surface area contributed by atoms with E-state index in [0.717, 1.165) is 23.1 Å².